The second-order valence-corrected chi connectivity index (χ2v) is 6.24. The average Bonchev–Trinajstić information content (AvgIpc) is 2.26. The Bertz CT molecular complexity index is 214. The Kier molecular flexibility index (Phi) is 5.90. The van der Waals surface area contributed by atoms with Crippen molar-refractivity contribution >= 4 is 0 Å². The van der Waals surface area contributed by atoms with Crippen LogP contribution in [0, 0.1) is 0 Å². The van der Waals surface area contributed by atoms with Crippen LogP contribution in [-0.2, 0) is 0 Å². The van der Waals surface area contributed by atoms with E-state index in [0.717, 1.165) is 6.54 Å². The van der Waals surface area contributed by atoms with Crippen LogP contribution in [-0.4, -0.2) is 61.7 Å². The summed E-state index contributed by atoms with van der Waals surface area (Å²) in [5, 5.41) is 3.66. The molecule has 3 nitrogen and oxygen atoms in total. The zero-order valence-corrected chi connectivity index (χ0v) is 12.4. The number of nitrogens with one attached hydrogen (secondary N) is 1. The summed E-state index contributed by atoms with van der Waals surface area (Å²) in [5.41, 5.74) is 0.270. The number of likely N-dealkylation sites (tertiary alicyclic amines) is 1. The first-order valence-corrected chi connectivity index (χ1v) is 7.09. The van der Waals surface area contributed by atoms with Crippen LogP contribution in [0.2, 0.25) is 0 Å². The summed E-state index contributed by atoms with van der Waals surface area (Å²) < 4.78 is 0. The third-order valence-electron chi connectivity index (χ3n) is 4.01. The van der Waals surface area contributed by atoms with Gasteiger partial charge in [0.15, 0.2) is 0 Å². The van der Waals surface area contributed by atoms with Crippen LogP contribution < -0.4 is 5.32 Å². The Morgan fingerprint density at radius 1 is 1.35 bits per heavy atom. The maximum atomic E-state index is 3.66. The lowest BCUT2D eigenvalue weighted by Gasteiger charge is -2.41. The Balaban J connectivity index is 2.39. The Hall–Kier alpha value is -0.120. The summed E-state index contributed by atoms with van der Waals surface area (Å²) in [6, 6.07) is 0.710. The van der Waals surface area contributed by atoms with Gasteiger partial charge in [0.05, 0.1) is 0 Å². The van der Waals surface area contributed by atoms with Gasteiger partial charge in [-0.2, -0.15) is 0 Å². The van der Waals surface area contributed by atoms with Crippen LogP contribution in [0.15, 0.2) is 0 Å². The molecular weight excluding hydrogens is 210 g/mol. The van der Waals surface area contributed by atoms with Crippen molar-refractivity contribution in [3.8, 4) is 0 Å². The molecule has 0 amide bonds. The second-order valence-electron chi connectivity index (χ2n) is 6.24. The lowest BCUT2D eigenvalue weighted by molar-refractivity contribution is 0.0945. The number of nitrogens with zero attached hydrogens (tertiary/aromatic N) is 2. The van der Waals surface area contributed by atoms with E-state index in [2.05, 4.69) is 50.0 Å². The molecule has 17 heavy (non-hydrogen) atoms. The zero-order valence-electron chi connectivity index (χ0n) is 12.4. The van der Waals surface area contributed by atoms with Crippen LogP contribution >= 0.6 is 0 Å². The van der Waals surface area contributed by atoms with Gasteiger partial charge in [-0.15, -0.1) is 0 Å². The predicted octanol–water partition coefficient (Wildman–Crippen LogP) is 1.79. The average molecular weight is 241 g/mol. The van der Waals surface area contributed by atoms with E-state index in [1.807, 2.05) is 0 Å². The van der Waals surface area contributed by atoms with E-state index in [1.54, 1.807) is 0 Å². The highest BCUT2D eigenvalue weighted by atomic mass is 15.2. The number of hydrogen-bond donors (Lipinski definition) is 1. The topological polar surface area (TPSA) is 18.5 Å². The standard InChI is InChI=1S/C14H31N3/c1-6-9-15-13-8-7-10-17(11-13)12-14(2,3)16(4)5/h13,15H,6-12H2,1-5H3. The van der Waals surface area contributed by atoms with Gasteiger partial charge >= 0.3 is 0 Å². The second kappa shape index (κ2) is 6.72. The molecule has 1 N–H and O–H groups in total. The van der Waals surface area contributed by atoms with Crippen molar-refractivity contribution in [1.29, 1.82) is 0 Å². The molecule has 0 spiro atoms. The maximum absolute atomic E-state index is 3.66. The summed E-state index contributed by atoms with van der Waals surface area (Å²) in [7, 11) is 4.35. The lowest BCUT2D eigenvalue weighted by Crippen LogP contribution is -2.53. The van der Waals surface area contributed by atoms with Crippen molar-refractivity contribution in [2.24, 2.45) is 0 Å². The van der Waals surface area contributed by atoms with Gasteiger partial charge in [-0.3, -0.25) is 4.90 Å². The molecule has 1 aliphatic heterocycles. The van der Waals surface area contributed by atoms with E-state index in [0.29, 0.717) is 6.04 Å². The lowest BCUT2D eigenvalue weighted by atomic mass is 9.99. The molecule has 1 aliphatic rings. The number of piperidine rings is 1. The largest absolute Gasteiger partial charge is 0.313 e. The number of hydrogen-bond acceptors (Lipinski definition) is 3. The molecule has 1 fully saturated rings. The molecule has 102 valence electrons. The maximum Gasteiger partial charge on any atom is 0.0274 e. The van der Waals surface area contributed by atoms with E-state index in [-0.39, 0.29) is 5.54 Å². The minimum absolute atomic E-state index is 0.270. The highest BCUT2D eigenvalue weighted by molar-refractivity contribution is 4.86. The molecule has 1 heterocycles. The van der Waals surface area contributed by atoms with Crippen LogP contribution in [0.25, 0.3) is 0 Å². The highest BCUT2D eigenvalue weighted by Gasteiger charge is 2.27. The van der Waals surface area contributed by atoms with Gasteiger partial charge in [-0.1, -0.05) is 6.92 Å². The molecule has 0 radical (unpaired) electrons. The van der Waals surface area contributed by atoms with E-state index >= 15 is 0 Å². The summed E-state index contributed by atoms with van der Waals surface area (Å²) in [6.45, 7) is 11.7. The molecule has 3 heteroatoms. The third kappa shape index (κ3) is 4.94. The number of likely N-dealkylation sites (N-methyl/N-ethyl adjacent to an activating group) is 1. The summed E-state index contributed by atoms with van der Waals surface area (Å²) >= 11 is 0. The molecule has 1 atom stereocenters. The predicted molar refractivity (Wildman–Crippen MR) is 75.5 cm³/mol. The van der Waals surface area contributed by atoms with Crippen molar-refractivity contribution in [3.63, 3.8) is 0 Å². The van der Waals surface area contributed by atoms with Gasteiger partial charge in [0.1, 0.15) is 0 Å². The van der Waals surface area contributed by atoms with Crippen molar-refractivity contribution in [2.45, 2.75) is 51.6 Å². The van der Waals surface area contributed by atoms with Crippen molar-refractivity contribution in [2.75, 3.05) is 40.3 Å². The Morgan fingerprint density at radius 3 is 2.65 bits per heavy atom. The van der Waals surface area contributed by atoms with Crippen LogP contribution in [0.5, 0.6) is 0 Å². The van der Waals surface area contributed by atoms with Gasteiger partial charge in [0.2, 0.25) is 0 Å². The quantitative estimate of drug-likeness (QED) is 0.765. The van der Waals surface area contributed by atoms with E-state index in [9.17, 15) is 0 Å². The van der Waals surface area contributed by atoms with Crippen LogP contribution in [0.3, 0.4) is 0 Å². The van der Waals surface area contributed by atoms with E-state index < -0.39 is 0 Å². The van der Waals surface area contributed by atoms with E-state index in [4.69, 9.17) is 0 Å². The van der Waals surface area contributed by atoms with Crippen LogP contribution in [0.4, 0.5) is 0 Å². The summed E-state index contributed by atoms with van der Waals surface area (Å²) in [6.07, 6.45) is 3.92. The molecule has 1 unspecified atom stereocenters. The highest BCUT2D eigenvalue weighted by Crippen LogP contribution is 2.17. The van der Waals surface area contributed by atoms with Gasteiger partial charge in [0.25, 0.3) is 0 Å². The van der Waals surface area contributed by atoms with Gasteiger partial charge in [0, 0.05) is 24.7 Å². The van der Waals surface area contributed by atoms with Crippen molar-refractivity contribution in [3.05, 3.63) is 0 Å². The van der Waals surface area contributed by atoms with Crippen LogP contribution in [0.1, 0.15) is 40.0 Å². The normalized spacial score (nSPS) is 23.3. The number of rotatable bonds is 6. The minimum atomic E-state index is 0.270. The monoisotopic (exact) mass is 241 g/mol. The van der Waals surface area contributed by atoms with Crippen molar-refractivity contribution in [1.82, 2.24) is 15.1 Å². The molecule has 1 rings (SSSR count). The molecular formula is C14H31N3. The summed E-state index contributed by atoms with van der Waals surface area (Å²) in [4.78, 5) is 4.95. The van der Waals surface area contributed by atoms with Gasteiger partial charge < -0.3 is 10.2 Å². The molecule has 0 bridgehead atoms. The third-order valence-corrected chi connectivity index (χ3v) is 4.01. The molecule has 0 aromatic carbocycles. The fraction of sp³-hybridized carbons (Fsp3) is 1.00. The fourth-order valence-corrected chi connectivity index (χ4v) is 2.40. The molecule has 0 aromatic rings. The first-order valence-electron chi connectivity index (χ1n) is 7.09. The van der Waals surface area contributed by atoms with Crippen molar-refractivity contribution < 1.29 is 0 Å². The fourth-order valence-electron chi connectivity index (χ4n) is 2.40. The molecule has 0 saturated carbocycles. The molecule has 0 aliphatic carbocycles. The first-order chi connectivity index (χ1) is 7.95. The van der Waals surface area contributed by atoms with Gasteiger partial charge in [-0.05, 0) is 60.3 Å². The Labute approximate surface area is 108 Å². The smallest absolute Gasteiger partial charge is 0.0274 e. The first kappa shape index (κ1) is 14.9. The summed E-state index contributed by atoms with van der Waals surface area (Å²) in [5.74, 6) is 0. The van der Waals surface area contributed by atoms with E-state index in [1.165, 1.54) is 38.9 Å². The molecule has 1 saturated heterocycles. The van der Waals surface area contributed by atoms with Gasteiger partial charge in [-0.25, -0.2) is 0 Å². The SMILES string of the molecule is CCCNC1CCCN(CC(C)(C)N(C)C)C1. The zero-order chi connectivity index (χ0) is 12.9. The Morgan fingerprint density at radius 2 is 2.06 bits per heavy atom. The minimum Gasteiger partial charge on any atom is -0.313 e. The molecule has 0 aromatic heterocycles.